The van der Waals surface area contributed by atoms with Gasteiger partial charge in [0.2, 0.25) is 0 Å². The largest absolute Gasteiger partial charge is 0.491 e. The van der Waals surface area contributed by atoms with Gasteiger partial charge in [0.15, 0.2) is 0 Å². The topological polar surface area (TPSA) is 70.2 Å². The Kier molecular flexibility index (Phi) is 5.80. The van der Waals surface area contributed by atoms with Crippen LogP contribution in [0.1, 0.15) is 37.9 Å². The van der Waals surface area contributed by atoms with Crippen LogP contribution in [0.3, 0.4) is 0 Å². The van der Waals surface area contributed by atoms with Gasteiger partial charge in [0.05, 0.1) is 5.69 Å². The van der Waals surface area contributed by atoms with E-state index in [1.165, 1.54) is 5.56 Å². The van der Waals surface area contributed by atoms with E-state index in [1.807, 2.05) is 37.4 Å². The fraction of sp³-hybridized carbons (Fsp3) is 0.500. The minimum absolute atomic E-state index is 0.00711. The van der Waals surface area contributed by atoms with Crippen LogP contribution in [0.5, 0.6) is 5.75 Å². The van der Waals surface area contributed by atoms with Crippen molar-refractivity contribution in [3.8, 4) is 5.75 Å². The van der Waals surface area contributed by atoms with E-state index in [1.54, 1.807) is 0 Å². The summed E-state index contributed by atoms with van der Waals surface area (Å²) in [4.78, 5) is 7.55. The van der Waals surface area contributed by atoms with Crippen molar-refractivity contribution in [3.05, 3.63) is 47.5 Å². The van der Waals surface area contributed by atoms with Crippen LogP contribution in [0, 0.1) is 6.92 Å². The third kappa shape index (κ3) is 6.42. The van der Waals surface area contributed by atoms with E-state index in [2.05, 4.69) is 36.1 Å². The number of hydrogen-bond acceptors (Lipinski definition) is 4. The van der Waals surface area contributed by atoms with Gasteiger partial charge in [0.1, 0.15) is 24.3 Å². The summed E-state index contributed by atoms with van der Waals surface area (Å²) in [5, 5.41) is 13.2. The second-order valence-electron chi connectivity index (χ2n) is 6.91. The molecule has 0 aliphatic carbocycles. The highest BCUT2D eigenvalue weighted by molar-refractivity contribution is 5.29. The third-order valence-electron chi connectivity index (χ3n) is 3.36. The van der Waals surface area contributed by atoms with E-state index in [9.17, 15) is 5.11 Å². The van der Waals surface area contributed by atoms with Crippen molar-refractivity contribution in [1.82, 2.24) is 15.3 Å². The maximum Gasteiger partial charge on any atom is 0.119 e. The number of H-pyrrole nitrogens is 1. The van der Waals surface area contributed by atoms with Crippen LogP contribution in [0.4, 0.5) is 0 Å². The zero-order chi connectivity index (χ0) is 16.9. The number of ether oxygens (including phenoxy) is 1. The summed E-state index contributed by atoms with van der Waals surface area (Å²) in [7, 11) is 0. The molecule has 2 rings (SSSR count). The minimum Gasteiger partial charge on any atom is -0.491 e. The smallest absolute Gasteiger partial charge is 0.119 e. The van der Waals surface area contributed by atoms with E-state index >= 15 is 0 Å². The first kappa shape index (κ1) is 17.5. The van der Waals surface area contributed by atoms with Crippen LogP contribution in [0.25, 0.3) is 0 Å². The zero-order valence-corrected chi connectivity index (χ0v) is 14.4. The normalized spacial score (nSPS) is 13.1. The number of aryl methyl sites for hydroxylation is 1. The summed E-state index contributed by atoms with van der Waals surface area (Å²) < 4.78 is 5.63. The Morgan fingerprint density at radius 3 is 2.52 bits per heavy atom. The lowest BCUT2D eigenvalue weighted by Gasteiger charge is -2.23. The highest BCUT2D eigenvalue weighted by atomic mass is 16.5. The van der Waals surface area contributed by atoms with Crippen molar-refractivity contribution in [1.29, 1.82) is 0 Å². The first-order chi connectivity index (χ1) is 10.8. The van der Waals surface area contributed by atoms with Gasteiger partial charge in [-0.15, -0.1) is 0 Å². The average Bonchev–Trinajstić information content (AvgIpc) is 2.89. The molecule has 1 aromatic heterocycles. The molecule has 0 bridgehead atoms. The summed E-state index contributed by atoms with van der Waals surface area (Å²) in [6.45, 7) is 8.97. The van der Waals surface area contributed by atoms with Crippen LogP contribution in [0.15, 0.2) is 30.5 Å². The van der Waals surface area contributed by atoms with Gasteiger partial charge in [-0.05, 0) is 45.4 Å². The summed E-state index contributed by atoms with van der Waals surface area (Å²) in [5.74, 6) is 1.72. The maximum absolute atomic E-state index is 9.93. The summed E-state index contributed by atoms with van der Waals surface area (Å²) in [6.07, 6.45) is 2.14. The summed E-state index contributed by atoms with van der Waals surface area (Å²) >= 11 is 0. The molecule has 0 saturated heterocycles. The molecule has 0 aliphatic heterocycles. The number of hydrogen-bond donors (Lipinski definition) is 3. The fourth-order valence-corrected chi connectivity index (χ4v) is 2.13. The Bertz CT molecular complexity index is 599. The molecule has 0 aliphatic rings. The van der Waals surface area contributed by atoms with Crippen LogP contribution < -0.4 is 10.1 Å². The predicted molar refractivity (Wildman–Crippen MR) is 91.8 cm³/mol. The van der Waals surface area contributed by atoms with Gasteiger partial charge in [0, 0.05) is 24.7 Å². The molecular weight excluding hydrogens is 290 g/mol. The number of nitrogens with one attached hydrogen (secondary N) is 2. The number of aliphatic hydroxyl groups excluding tert-OH is 1. The number of aromatic nitrogens is 2. The van der Waals surface area contributed by atoms with Crippen molar-refractivity contribution in [3.63, 3.8) is 0 Å². The maximum atomic E-state index is 9.93. The molecule has 5 nitrogen and oxygen atoms in total. The van der Waals surface area contributed by atoms with E-state index in [0.717, 1.165) is 23.7 Å². The molecule has 1 heterocycles. The molecule has 1 aromatic carbocycles. The average molecular weight is 317 g/mol. The van der Waals surface area contributed by atoms with Gasteiger partial charge < -0.3 is 20.1 Å². The molecule has 2 aromatic rings. The first-order valence-corrected chi connectivity index (χ1v) is 7.97. The Balaban J connectivity index is 1.78. The van der Waals surface area contributed by atoms with E-state index < -0.39 is 6.10 Å². The minimum atomic E-state index is -0.528. The molecule has 0 fully saturated rings. The highest BCUT2D eigenvalue weighted by Gasteiger charge is 2.12. The highest BCUT2D eigenvalue weighted by Crippen LogP contribution is 2.14. The fourth-order valence-electron chi connectivity index (χ4n) is 2.13. The molecule has 0 radical (unpaired) electrons. The Labute approximate surface area is 138 Å². The number of nitrogens with zero attached hydrogens (tertiary/aromatic N) is 1. The van der Waals surface area contributed by atoms with Crippen molar-refractivity contribution in [2.45, 2.75) is 45.8 Å². The second-order valence-corrected chi connectivity index (χ2v) is 6.91. The van der Waals surface area contributed by atoms with Crippen LogP contribution in [-0.2, 0) is 6.42 Å². The molecule has 0 amide bonds. The van der Waals surface area contributed by atoms with Gasteiger partial charge in [-0.25, -0.2) is 4.98 Å². The zero-order valence-electron chi connectivity index (χ0n) is 14.4. The Morgan fingerprint density at radius 1 is 1.26 bits per heavy atom. The van der Waals surface area contributed by atoms with Crippen LogP contribution in [-0.4, -0.2) is 39.9 Å². The number of β-amino-alcohol motifs (C(OH)–C–C–N with tert-alkyl or cyclic N) is 1. The number of rotatable bonds is 7. The summed E-state index contributed by atoms with van der Waals surface area (Å²) in [5.41, 5.74) is 2.16. The molecular formula is C18H27N3O2. The number of benzene rings is 1. The predicted octanol–water partition coefficient (Wildman–Crippen LogP) is 2.44. The van der Waals surface area contributed by atoms with Crippen molar-refractivity contribution < 1.29 is 9.84 Å². The second kappa shape index (κ2) is 7.62. The number of aliphatic hydroxyl groups is 1. The van der Waals surface area contributed by atoms with Crippen molar-refractivity contribution in [2.75, 3.05) is 13.2 Å². The lowest BCUT2D eigenvalue weighted by Crippen LogP contribution is -2.42. The van der Waals surface area contributed by atoms with Crippen molar-refractivity contribution >= 4 is 0 Å². The standard InChI is InChI=1S/C18H27N3O2/c1-13-10-19-17(21-13)9-14-5-7-16(8-6-14)23-12-15(22)11-20-18(2,3)4/h5-8,10,15,20,22H,9,11-12H2,1-4H3,(H,19,21). The molecule has 126 valence electrons. The van der Waals surface area contributed by atoms with Crippen LogP contribution >= 0.6 is 0 Å². The molecule has 0 saturated carbocycles. The van der Waals surface area contributed by atoms with E-state index in [4.69, 9.17) is 4.74 Å². The van der Waals surface area contributed by atoms with Gasteiger partial charge in [-0.2, -0.15) is 0 Å². The van der Waals surface area contributed by atoms with Crippen LogP contribution in [0.2, 0.25) is 0 Å². The van der Waals surface area contributed by atoms with Gasteiger partial charge in [-0.3, -0.25) is 0 Å². The van der Waals surface area contributed by atoms with Gasteiger partial charge in [-0.1, -0.05) is 12.1 Å². The molecule has 0 spiro atoms. The molecule has 3 N–H and O–H groups in total. The molecule has 1 unspecified atom stereocenters. The lowest BCUT2D eigenvalue weighted by atomic mass is 10.1. The van der Waals surface area contributed by atoms with E-state index in [0.29, 0.717) is 6.54 Å². The lowest BCUT2D eigenvalue weighted by molar-refractivity contribution is 0.100. The molecule has 1 atom stereocenters. The van der Waals surface area contributed by atoms with Gasteiger partial charge in [0.25, 0.3) is 0 Å². The SMILES string of the molecule is Cc1c[nH]c(Cc2ccc(OCC(O)CNC(C)(C)C)cc2)n1. The quantitative estimate of drug-likeness (QED) is 0.733. The van der Waals surface area contributed by atoms with Crippen molar-refractivity contribution in [2.24, 2.45) is 0 Å². The van der Waals surface area contributed by atoms with E-state index in [-0.39, 0.29) is 12.1 Å². The van der Waals surface area contributed by atoms with Gasteiger partial charge >= 0.3 is 0 Å². The number of aromatic amines is 1. The molecule has 23 heavy (non-hydrogen) atoms. The summed E-state index contributed by atoms with van der Waals surface area (Å²) in [6, 6.07) is 7.89. The third-order valence-corrected chi connectivity index (χ3v) is 3.36. The Hall–Kier alpha value is -1.85. The first-order valence-electron chi connectivity index (χ1n) is 7.97. The monoisotopic (exact) mass is 317 g/mol. The number of imidazole rings is 1. The Morgan fingerprint density at radius 2 is 1.96 bits per heavy atom. The molecule has 5 heteroatoms.